The summed E-state index contributed by atoms with van der Waals surface area (Å²) in [7, 11) is 0. The zero-order valence-electron chi connectivity index (χ0n) is 17.7. The van der Waals surface area contributed by atoms with Gasteiger partial charge in [0.25, 0.3) is 0 Å². The van der Waals surface area contributed by atoms with Gasteiger partial charge in [-0.15, -0.1) is 0 Å². The third kappa shape index (κ3) is 4.94. The van der Waals surface area contributed by atoms with Gasteiger partial charge in [-0.1, -0.05) is 24.3 Å². The molecule has 4 aromatic rings. The number of nitrogens with two attached hydrogens (primary N) is 2. The number of piperidine rings is 1. The van der Waals surface area contributed by atoms with Crippen LogP contribution >= 0.6 is 0 Å². The molecule has 0 saturated carbocycles. The number of H-pyrrole nitrogens is 1. The summed E-state index contributed by atoms with van der Waals surface area (Å²) in [5.41, 5.74) is 15.2. The quantitative estimate of drug-likeness (QED) is 0.364. The van der Waals surface area contributed by atoms with E-state index in [9.17, 15) is 4.79 Å². The van der Waals surface area contributed by atoms with Crippen LogP contribution in [0.15, 0.2) is 54.6 Å². The number of carbonyl (C=O) groups excluding carboxylic acids is 1. The molecule has 0 aliphatic carbocycles. The van der Waals surface area contributed by atoms with Crippen molar-refractivity contribution in [2.24, 2.45) is 0 Å². The molecule has 6 N–H and O–H groups in total. The molecule has 3 heterocycles. The second-order valence-electron chi connectivity index (χ2n) is 7.51. The molecule has 5 rings (SSSR count). The van der Waals surface area contributed by atoms with Crippen molar-refractivity contribution in [1.82, 2.24) is 20.2 Å². The van der Waals surface area contributed by atoms with Crippen molar-refractivity contribution in [3.8, 4) is 11.3 Å². The Hall–Kier alpha value is -4.14. The van der Waals surface area contributed by atoms with Gasteiger partial charge in [-0.3, -0.25) is 9.89 Å². The standard InChI is InChI=1S/C16H19N7.C7H7NO/c17-15-11-5-4-10(8-13(11)21-22-15)12-9-14(20-16(18)19-12)23-6-2-1-3-7-23;9-6-8-7-4-2-1-3-5-7/h4-5,8-9H,1-3,6-7H2,(H3,17,21,22)(H2,18,19,20);1-6H,(H,8,9). The number of amides is 1. The summed E-state index contributed by atoms with van der Waals surface area (Å²) < 4.78 is 0. The molecule has 1 amide bonds. The van der Waals surface area contributed by atoms with Gasteiger partial charge in [-0.05, 0) is 43.5 Å². The van der Waals surface area contributed by atoms with Crippen LogP contribution in [-0.2, 0) is 4.79 Å². The van der Waals surface area contributed by atoms with E-state index in [0.29, 0.717) is 18.2 Å². The Morgan fingerprint density at radius 3 is 2.50 bits per heavy atom. The number of nitrogens with zero attached hydrogens (tertiary/aromatic N) is 4. The molecular weight excluding hydrogens is 404 g/mol. The van der Waals surface area contributed by atoms with Crippen molar-refractivity contribution < 1.29 is 4.79 Å². The number of nitrogens with one attached hydrogen (secondary N) is 2. The number of hydrogen-bond donors (Lipinski definition) is 4. The zero-order valence-corrected chi connectivity index (χ0v) is 17.7. The highest BCUT2D eigenvalue weighted by Gasteiger charge is 2.15. The van der Waals surface area contributed by atoms with E-state index < -0.39 is 0 Å². The fourth-order valence-corrected chi connectivity index (χ4v) is 3.69. The van der Waals surface area contributed by atoms with Crippen LogP contribution in [0.1, 0.15) is 19.3 Å². The summed E-state index contributed by atoms with van der Waals surface area (Å²) in [4.78, 5) is 20.9. The largest absolute Gasteiger partial charge is 0.382 e. The van der Waals surface area contributed by atoms with Gasteiger partial charge in [0.2, 0.25) is 12.4 Å². The highest BCUT2D eigenvalue weighted by Crippen LogP contribution is 2.28. The third-order valence-electron chi connectivity index (χ3n) is 5.30. The predicted molar refractivity (Wildman–Crippen MR) is 128 cm³/mol. The lowest BCUT2D eigenvalue weighted by molar-refractivity contribution is -0.105. The summed E-state index contributed by atoms with van der Waals surface area (Å²) in [6.07, 6.45) is 4.33. The van der Waals surface area contributed by atoms with E-state index in [0.717, 1.165) is 46.8 Å². The normalized spacial score (nSPS) is 13.3. The Morgan fingerprint density at radius 1 is 0.969 bits per heavy atom. The molecule has 0 bridgehead atoms. The number of aromatic nitrogens is 4. The Bertz CT molecular complexity index is 1190. The van der Waals surface area contributed by atoms with Gasteiger partial charge < -0.3 is 21.7 Å². The van der Waals surface area contributed by atoms with Crippen LogP contribution in [0.2, 0.25) is 0 Å². The molecule has 1 saturated heterocycles. The molecule has 1 aliphatic heterocycles. The molecule has 1 aliphatic rings. The van der Waals surface area contributed by atoms with Crippen molar-refractivity contribution in [2.75, 3.05) is 34.8 Å². The number of aromatic amines is 1. The molecule has 9 nitrogen and oxygen atoms in total. The Labute approximate surface area is 185 Å². The van der Waals surface area contributed by atoms with Crippen LogP contribution in [0.4, 0.5) is 23.3 Å². The number of nitrogen functional groups attached to an aromatic ring is 2. The summed E-state index contributed by atoms with van der Waals surface area (Å²) in [6.45, 7) is 2.04. The molecular formula is C23H26N8O. The Morgan fingerprint density at radius 2 is 1.75 bits per heavy atom. The minimum atomic E-state index is 0.298. The van der Waals surface area contributed by atoms with Crippen molar-refractivity contribution in [1.29, 1.82) is 0 Å². The molecule has 2 aromatic carbocycles. The molecule has 0 radical (unpaired) electrons. The maximum atomic E-state index is 9.86. The number of rotatable bonds is 4. The molecule has 164 valence electrons. The minimum absolute atomic E-state index is 0.298. The van der Waals surface area contributed by atoms with Crippen molar-refractivity contribution in [2.45, 2.75) is 19.3 Å². The summed E-state index contributed by atoms with van der Waals surface area (Å²) >= 11 is 0. The first kappa shape index (κ1) is 21.1. The van der Waals surface area contributed by atoms with E-state index in [1.165, 1.54) is 19.3 Å². The average molecular weight is 431 g/mol. The van der Waals surface area contributed by atoms with Gasteiger partial charge in [-0.25, -0.2) is 4.98 Å². The van der Waals surface area contributed by atoms with Crippen LogP contribution in [-0.4, -0.2) is 39.7 Å². The first-order valence-electron chi connectivity index (χ1n) is 10.5. The van der Waals surface area contributed by atoms with Crippen LogP contribution in [0.3, 0.4) is 0 Å². The van der Waals surface area contributed by atoms with Crippen molar-refractivity contribution in [3.63, 3.8) is 0 Å². The first-order valence-corrected chi connectivity index (χ1v) is 10.5. The van der Waals surface area contributed by atoms with Gasteiger partial charge in [-0.2, -0.15) is 10.1 Å². The lowest BCUT2D eigenvalue weighted by Gasteiger charge is -2.28. The van der Waals surface area contributed by atoms with E-state index in [4.69, 9.17) is 11.5 Å². The number of benzene rings is 2. The molecule has 9 heteroatoms. The van der Waals surface area contributed by atoms with Gasteiger partial charge in [0.05, 0.1) is 11.2 Å². The average Bonchev–Trinajstić information content (AvgIpc) is 3.21. The lowest BCUT2D eigenvalue weighted by atomic mass is 10.1. The molecule has 0 unspecified atom stereocenters. The molecule has 2 aromatic heterocycles. The van der Waals surface area contributed by atoms with Gasteiger partial charge >= 0.3 is 0 Å². The smallest absolute Gasteiger partial charge is 0.222 e. The van der Waals surface area contributed by atoms with Crippen molar-refractivity contribution in [3.05, 3.63) is 54.6 Å². The summed E-state index contributed by atoms with van der Waals surface area (Å²) in [6, 6.07) is 17.2. The van der Waals surface area contributed by atoms with Crippen LogP contribution < -0.4 is 21.7 Å². The molecule has 0 spiro atoms. The Kier molecular flexibility index (Phi) is 6.45. The lowest BCUT2D eigenvalue weighted by Crippen LogP contribution is -2.30. The second-order valence-corrected chi connectivity index (χ2v) is 7.51. The number of anilines is 4. The Balaban J connectivity index is 0.000000230. The molecule has 0 atom stereocenters. The van der Waals surface area contributed by atoms with Crippen LogP contribution in [0.5, 0.6) is 0 Å². The van der Waals surface area contributed by atoms with Gasteiger partial charge in [0, 0.05) is 35.8 Å². The summed E-state index contributed by atoms with van der Waals surface area (Å²) in [5.74, 6) is 1.70. The minimum Gasteiger partial charge on any atom is -0.382 e. The monoisotopic (exact) mass is 430 g/mol. The second kappa shape index (κ2) is 9.78. The highest BCUT2D eigenvalue weighted by molar-refractivity contribution is 5.91. The van der Waals surface area contributed by atoms with E-state index >= 15 is 0 Å². The number of carbonyl (C=O) groups is 1. The molecule has 32 heavy (non-hydrogen) atoms. The van der Waals surface area contributed by atoms with Crippen molar-refractivity contribution >= 4 is 40.6 Å². The fraction of sp³-hybridized carbons (Fsp3) is 0.217. The number of fused-ring (bicyclic) bond motifs is 1. The molecule has 1 fully saturated rings. The number of para-hydroxylation sites is 1. The van der Waals surface area contributed by atoms with E-state index in [-0.39, 0.29) is 0 Å². The summed E-state index contributed by atoms with van der Waals surface area (Å²) in [5, 5.41) is 10.4. The highest BCUT2D eigenvalue weighted by atomic mass is 16.1. The predicted octanol–water partition coefficient (Wildman–Crippen LogP) is 3.43. The van der Waals surface area contributed by atoms with E-state index in [1.54, 1.807) is 0 Å². The fourth-order valence-electron chi connectivity index (χ4n) is 3.69. The third-order valence-corrected chi connectivity index (χ3v) is 5.30. The van der Waals surface area contributed by atoms with Gasteiger partial charge in [0.15, 0.2) is 5.82 Å². The maximum Gasteiger partial charge on any atom is 0.222 e. The van der Waals surface area contributed by atoms with Crippen LogP contribution in [0, 0.1) is 0 Å². The van der Waals surface area contributed by atoms with E-state index in [1.807, 2.05) is 54.6 Å². The van der Waals surface area contributed by atoms with E-state index in [2.05, 4.69) is 30.4 Å². The maximum absolute atomic E-state index is 9.86. The van der Waals surface area contributed by atoms with Crippen LogP contribution in [0.25, 0.3) is 22.2 Å². The SMILES string of the molecule is Nc1nc(-c2ccc3c(N)n[nH]c3c2)cc(N2CCCCC2)n1.O=CNc1ccccc1. The van der Waals surface area contributed by atoms with Gasteiger partial charge in [0.1, 0.15) is 5.82 Å². The first-order chi connectivity index (χ1) is 15.6. The number of hydrogen-bond acceptors (Lipinski definition) is 7. The zero-order chi connectivity index (χ0) is 22.3. The topological polar surface area (TPSA) is 139 Å².